The van der Waals surface area contributed by atoms with E-state index in [0.717, 1.165) is 12.8 Å². The van der Waals surface area contributed by atoms with Gasteiger partial charge in [-0.2, -0.15) is 0 Å². The Balaban J connectivity index is 3.02. The molecule has 0 fully saturated rings. The fourth-order valence-electron chi connectivity index (χ4n) is 2.41. The van der Waals surface area contributed by atoms with Crippen molar-refractivity contribution in [2.24, 2.45) is 0 Å². The first-order valence-corrected chi connectivity index (χ1v) is 6.54. The van der Waals surface area contributed by atoms with Crippen LogP contribution in [-0.2, 0) is 11.2 Å². The molecule has 1 aromatic carbocycles. The lowest BCUT2D eigenvalue weighted by Gasteiger charge is -2.20. The second kappa shape index (κ2) is 6.58. The SMILES string of the molecule is CC(C)c1cccc(CCC[C]=O)c1C(C)C. The molecule has 1 aromatic rings. The van der Waals surface area contributed by atoms with Gasteiger partial charge in [0, 0.05) is 6.42 Å². The zero-order valence-corrected chi connectivity index (χ0v) is 11.4. The molecule has 0 aliphatic heterocycles. The molecule has 0 aliphatic carbocycles. The largest absolute Gasteiger partial charge is 0.291 e. The van der Waals surface area contributed by atoms with Crippen molar-refractivity contribution in [1.29, 1.82) is 0 Å². The maximum absolute atomic E-state index is 10.3. The molecule has 93 valence electrons. The van der Waals surface area contributed by atoms with Gasteiger partial charge >= 0.3 is 0 Å². The Morgan fingerprint density at radius 2 is 1.82 bits per heavy atom. The number of benzene rings is 1. The predicted octanol–water partition coefficient (Wildman–Crippen LogP) is 4.37. The van der Waals surface area contributed by atoms with Gasteiger partial charge in [-0.3, -0.25) is 4.79 Å². The molecule has 1 heteroatoms. The molecular formula is C16H23O. The van der Waals surface area contributed by atoms with E-state index in [-0.39, 0.29) is 0 Å². The van der Waals surface area contributed by atoms with Crippen LogP contribution in [0.3, 0.4) is 0 Å². The van der Waals surface area contributed by atoms with Crippen molar-refractivity contribution in [3.63, 3.8) is 0 Å². The number of rotatable bonds is 6. The van der Waals surface area contributed by atoms with Crippen molar-refractivity contribution in [2.75, 3.05) is 0 Å². The maximum atomic E-state index is 10.3. The van der Waals surface area contributed by atoms with Crippen LogP contribution >= 0.6 is 0 Å². The predicted molar refractivity (Wildman–Crippen MR) is 73.3 cm³/mol. The first-order valence-electron chi connectivity index (χ1n) is 6.54. The Morgan fingerprint density at radius 3 is 2.35 bits per heavy atom. The standard InChI is InChI=1S/C16H23O/c1-12(2)15-10-7-9-14(8-5-6-11-17)16(15)13(3)4/h7,9-10,12-13H,5-6,8H2,1-4H3. The molecule has 17 heavy (non-hydrogen) atoms. The number of hydrogen-bond donors (Lipinski definition) is 0. The van der Waals surface area contributed by atoms with Gasteiger partial charge in [-0.05, 0) is 41.4 Å². The first kappa shape index (κ1) is 14.0. The van der Waals surface area contributed by atoms with Gasteiger partial charge in [-0.15, -0.1) is 0 Å². The van der Waals surface area contributed by atoms with Crippen molar-refractivity contribution in [2.45, 2.75) is 58.8 Å². The van der Waals surface area contributed by atoms with Gasteiger partial charge in [-0.25, -0.2) is 0 Å². The van der Waals surface area contributed by atoms with Crippen molar-refractivity contribution in [3.8, 4) is 0 Å². The smallest absolute Gasteiger partial charge is 0.198 e. The topological polar surface area (TPSA) is 17.1 Å². The zero-order valence-electron chi connectivity index (χ0n) is 11.4. The third-order valence-corrected chi connectivity index (χ3v) is 3.15. The minimum atomic E-state index is 0.545. The maximum Gasteiger partial charge on any atom is 0.198 e. The number of carbonyl (C=O) groups excluding carboxylic acids is 1. The van der Waals surface area contributed by atoms with Gasteiger partial charge < -0.3 is 0 Å². The van der Waals surface area contributed by atoms with Crippen LogP contribution in [0.1, 0.15) is 69.1 Å². The van der Waals surface area contributed by atoms with Crippen LogP contribution in [0.5, 0.6) is 0 Å². The Morgan fingerprint density at radius 1 is 1.12 bits per heavy atom. The number of hydrogen-bond acceptors (Lipinski definition) is 1. The van der Waals surface area contributed by atoms with Crippen LogP contribution in [0.15, 0.2) is 18.2 Å². The second-order valence-electron chi connectivity index (χ2n) is 5.23. The van der Waals surface area contributed by atoms with E-state index >= 15 is 0 Å². The third-order valence-electron chi connectivity index (χ3n) is 3.15. The second-order valence-corrected chi connectivity index (χ2v) is 5.23. The third kappa shape index (κ3) is 3.69. The molecule has 0 aromatic heterocycles. The molecule has 1 nitrogen and oxygen atoms in total. The summed E-state index contributed by atoms with van der Waals surface area (Å²) in [6.07, 6.45) is 4.42. The summed E-state index contributed by atoms with van der Waals surface area (Å²) in [7, 11) is 0. The summed E-state index contributed by atoms with van der Waals surface area (Å²) >= 11 is 0. The number of unbranched alkanes of at least 4 members (excludes halogenated alkanes) is 1. The highest BCUT2D eigenvalue weighted by Gasteiger charge is 2.13. The molecular weight excluding hydrogens is 208 g/mol. The van der Waals surface area contributed by atoms with Gasteiger partial charge in [0.1, 0.15) is 0 Å². The fourth-order valence-corrected chi connectivity index (χ4v) is 2.41. The summed E-state index contributed by atoms with van der Waals surface area (Å²) in [6.45, 7) is 8.97. The number of aryl methyl sites for hydroxylation is 1. The Hall–Kier alpha value is -1.11. The van der Waals surface area contributed by atoms with E-state index in [0.29, 0.717) is 18.3 Å². The van der Waals surface area contributed by atoms with Crippen LogP contribution in [0.2, 0.25) is 0 Å². The lowest BCUT2D eigenvalue weighted by molar-refractivity contribution is 0.548. The Labute approximate surface area is 105 Å². The lowest BCUT2D eigenvalue weighted by Crippen LogP contribution is -2.04. The Bertz CT molecular complexity index is 364. The van der Waals surface area contributed by atoms with Crippen LogP contribution in [0, 0.1) is 0 Å². The molecule has 0 atom stereocenters. The van der Waals surface area contributed by atoms with Crippen molar-refractivity contribution in [3.05, 3.63) is 34.9 Å². The van der Waals surface area contributed by atoms with Crippen molar-refractivity contribution in [1.82, 2.24) is 0 Å². The monoisotopic (exact) mass is 231 g/mol. The molecule has 0 unspecified atom stereocenters. The normalized spacial score (nSPS) is 11.2. The molecule has 0 amide bonds. The first-order chi connectivity index (χ1) is 8.07. The summed E-state index contributed by atoms with van der Waals surface area (Å²) in [5, 5.41) is 0. The quantitative estimate of drug-likeness (QED) is 0.665. The molecule has 0 N–H and O–H groups in total. The van der Waals surface area contributed by atoms with E-state index in [9.17, 15) is 4.79 Å². The van der Waals surface area contributed by atoms with Gasteiger partial charge in [0.2, 0.25) is 0 Å². The van der Waals surface area contributed by atoms with E-state index in [1.165, 1.54) is 16.7 Å². The van der Waals surface area contributed by atoms with E-state index < -0.39 is 0 Å². The molecule has 1 radical (unpaired) electrons. The van der Waals surface area contributed by atoms with Crippen LogP contribution in [0.25, 0.3) is 0 Å². The van der Waals surface area contributed by atoms with Gasteiger partial charge in [0.15, 0.2) is 6.29 Å². The average molecular weight is 231 g/mol. The van der Waals surface area contributed by atoms with E-state index in [2.05, 4.69) is 45.9 Å². The summed E-state index contributed by atoms with van der Waals surface area (Å²) in [5.74, 6) is 1.11. The van der Waals surface area contributed by atoms with E-state index in [4.69, 9.17) is 0 Å². The minimum absolute atomic E-state index is 0.545. The van der Waals surface area contributed by atoms with Gasteiger partial charge in [0.25, 0.3) is 0 Å². The van der Waals surface area contributed by atoms with Gasteiger partial charge in [0.05, 0.1) is 0 Å². The molecule has 0 saturated carbocycles. The molecule has 1 rings (SSSR count). The van der Waals surface area contributed by atoms with Crippen LogP contribution in [-0.4, -0.2) is 6.29 Å². The summed E-state index contributed by atoms with van der Waals surface area (Å²) in [6, 6.07) is 6.57. The Kier molecular flexibility index (Phi) is 5.40. The van der Waals surface area contributed by atoms with E-state index in [1.54, 1.807) is 0 Å². The highest BCUT2D eigenvalue weighted by molar-refractivity contribution is 5.50. The molecule has 0 bridgehead atoms. The minimum Gasteiger partial charge on any atom is -0.291 e. The van der Waals surface area contributed by atoms with Crippen LogP contribution in [0.4, 0.5) is 0 Å². The van der Waals surface area contributed by atoms with E-state index in [1.807, 2.05) is 6.29 Å². The molecule has 0 aliphatic rings. The van der Waals surface area contributed by atoms with Gasteiger partial charge in [-0.1, -0.05) is 45.9 Å². The molecule has 0 spiro atoms. The highest BCUT2D eigenvalue weighted by Crippen LogP contribution is 2.30. The molecule has 0 heterocycles. The summed E-state index contributed by atoms with van der Waals surface area (Å²) < 4.78 is 0. The fraction of sp³-hybridized carbons (Fsp3) is 0.562. The van der Waals surface area contributed by atoms with Crippen molar-refractivity contribution < 1.29 is 4.79 Å². The summed E-state index contributed by atoms with van der Waals surface area (Å²) in [4.78, 5) is 10.3. The van der Waals surface area contributed by atoms with Crippen molar-refractivity contribution >= 4 is 6.29 Å². The zero-order chi connectivity index (χ0) is 12.8. The molecule has 0 saturated heterocycles. The lowest BCUT2D eigenvalue weighted by atomic mass is 9.85. The highest BCUT2D eigenvalue weighted by atomic mass is 16.1. The average Bonchev–Trinajstić information content (AvgIpc) is 2.28. The summed E-state index contributed by atoms with van der Waals surface area (Å²) in [5.41, 5.74) is 4.34. The van der Waals surface area contributed by atoms with Crippen LogP contribution < -0.4 is 0 Å².